The SMILES string of the molecule is COC(=O)c1ccc2c(c1)NC(=O)/C2=C(\Nc1ccc(C(=O)N(C)CC(N)=O)cc1)c1ccccc1. The number of methoxy groups -OCH3 is 1. The Labute approximate surface area is 207 Å². The normalized spacial score (nSPS) is 13.3. The maximum Gasteiger partial charge on any atom is 0.337 e. The van der Waals surface area contributed by atoms with Gasteiger partial charge in [-0.2, -0.15) is 0 Å². The third-order valence-electron chi connectivity index (χ3n) is 5.64. The smallest absolute Gasteiger partial charge is 0.337 e. The van der Waals surface area contributed by atoms with E-state index in [0.717, 1.165) is 5.56 Å². The molecule has 1 aliphatic rings. The molecule has 0 saturated heterocycles. The van der Waals surface area contributed by atoms with Gasteiger partial charge in [0.1, 0.15) is 0 Å². The van der Waals surface area contributed by atoms with Crippen LogP contribution in [0.4, 0.5) is 11.4 Å². The third-order valence-corrected chi connectivity index (χ3v) is 5.64. The maximum absolute atomic E-state index is 13.1. The van der Waals surface area contributed by atoms with E-state index in [-0.39, 0.29) is 18.4 Å². The number of anilines is 2. The maximum atomic E-state index is 13.1. The zero-order chi connectivity index (χ0) is 25.8. The summed E-state index contributed by atoms with van der Waals surface area (Å²) >= 11 is 0. The second-order valence-electron chi connectivity index (χ2n) is 8.15. The molecule has 0 radical (unpaired) electrons. The van der Waals surface area contributed by atoms with E-state index >= 15 is 0 Å². The van der Waals surface area contributed by atoms with Gasteiger partial charge in [-0.3, -0.25) is 14.4 Å². The van der Waals surface area contributed by atoms with Crippen LogP contribution in [0.5, 0.6) is 0 Å². The molecule has 0 spiro atoms. The van der Waals surface area contributed by atoms with Crippen LogP contribution in [0.15, 0.2) is 72.8 Å². The molecule has 36 heavy (non-hydrogen) atoms. The van der Waals surface area contributed by atoms with Crippen molar-refractivity contribution in [3.8, 4) is 0 Å². The average molecular weight is 485 g/mol. The molecule has 3 aromatic rings. The predicted octanol–water partition coefficient (Wildman–Crippen LogP) is 2.96. The number of primary amides is 1. The average Bonchev–Trinajstić information content (AvgIpc) is 3.21. The summed E-state index contributed by atoms with van der Waals surface area (Å²) in [6.45, 7) is -0.185. The van der Waals surface area contributed by atoms with Crippen molar-refractivity contribution in [3.05, 3.63) is 95.1 Å². The Bertz CT molecular complexity index is 1380. The molecule has 1 heterocycles. The standard InChI is InChI=1S/C27H24N4O5/c1-31(15-22(28)32)26(34)17-8-11-19(12-9-17)29-24(16-6-4-3-5-7-16)23-20-13-10-18(27(35)36-2)14-21(20)30-25(23)33/h3-14,29H,15H2,1-2H3,(H2,28,32)(H,30,33)/b24-23-. The van der Waals surface area contributed by atoms with Crippen molar-refractivity contribution in [1.82, 2.24) is 4.90 Å². The Morgan fingerprint density at radius 2 is 1.61 bits per heavy atom. The van der Waals surface area contributed by atoms with Crippen LogP contribution in [-0.4, -0.2) is 49.3 Å². The fourth-order valence-corrected chi connectivity index (χ4v) is 3.92. The molecule has 3 aromatic carbocycles. The van der Waals surface area contributed by atoms with Crippen LogP contribution in [0.1, 0.15) is 31.8 Å². The summed E-state index contributed by atoms with van der Waals surface area (Å²) in [4.78, 5) is 49.9. The fraction of sp³-hybridized carbons (Fsp3) is 0.111. The number of ether oxygens (including phenoxy) is 1. The third kappa shape index (κ3) is 4.95. The first-order chi connectivity index (χ1) is 17.3. The molecule has 0 aromatic heterocycles. The summed E-state index contributed by atoms with van der Waals surface area (Å²) in [6, 6.07) is 20.9. The van der Waals surface area contributed by atoms with Gasteiger partial charge in [0.15, 0.2) is 0 Å². The van der Waals surface area contributed by atoms with Gasteiger partial charge in [0.05, 0.1) is 36.2 Å². The van der Waals surface area contributed by atoms with Gasteiger partial charge in [0.2, 0.25) is 5.91 Å². The molecule has 0 aliphatic carbocycles. The van der Waals surface area contributed by atoms with Crippen molar-refractivity contribution in [2.45, 2.75) is 0 Å². The van der Waals surface area contributed by atoms with Crippen molar-refractivity contribution in [2.24, 2.45) is 5.73 Å². The van der Waals surface area contributed by atoms with Crippen molar-refractivity contribution in [3.63, 3.8) is 0 Å². The van der Waals surface area contributed by atoms with Gasteiger partial charge in [-0.25, -0.2) is 4.79 Å². The number of esters is 1. The first kappa shape index (κ1) is 24.2. The topological polar surface area (TPSA) is 131 Å². The number of amides is 3. The van der Waals surface area contributed by atoms with E-state index in [9.17, 15) is 19.2 Å². The van der Waals surface area contributed by atoms with Crippen LogP contribution < -0.4 is 16.4 Å². The number of nitrogens with two attached hydrogens (primary N) is 1. The highest BCUT2D eigenvalue weighted by Gasteiger charge is 2.29. The number of hydrogen-bond donors (Lipinski definition) is 3. The van der Waals surface area contributed by atoms with Crippen LogP contribution in [0.25, 0.3) is 11.3 Å². The van der Waals surface area contributed by atoms with Gasteiger partial charge in [0, 0.05) is 23.9 Å². The monoisotopic (exact) mass is 484 g/mol. The van der Waals surface area contributed by atoms with E-state index in [1.54, 1.807) is 42.5 Å². The number of nitrogens with zero attached hydrogens (tertiary/aromatic N) is 1. The Kier molecular flexibility index (Phi) is 6.82. The van der Waals surface area contributed by atoms with Gasteiger partial charge < -0.3 is 26.0 Å². The number of likely N-dealkylation sites (N-methyl/N-ethyl adjacent to an activating group) is 1. The Morgan fingerprint density at radius 1 is 0.944 bits per heavy atom. The van der Waals surface area contributed by atoms with Gasteiger partial charge in [-0.05, 0) is 42.0 Å². The molecule has 0 bridgehead atoms. The lowest BCUT2D eigenvalue weighted by Gasteiger charge is -2.17. The summed E-state index contributed by atoms with van der Waals surface area (Å²) in [7, 11) is 2.80. The van der Waals surface area contributed by atoms with Crippen LogP contribution in [-0.2, 0) is 14.3 Å². The number of hydrogen-bond acceptors (Lipinski definition) is 6. The number of benzene rings is 3. The molecule has 0 saturated carbocycles. The van der Waals surface area contributed by atoms with Gasteiger partial charge >= 0.3 is 5.97 Å². The van der Waals surface area contributed by atoms with Crippen molar-refractivity contribution < 1.29 is 23.9 Å². The lowest BCUT2D eigenvalue weighted by atomic mass is 9.99. The highest BCUT2D eigenvalue weighted by molar-refractivity contribution is 6.37. The van der Waals surface area contributed by atoms with E-state index in [4.69, 9.17) is 10.5 Å². The minimum absolute atomic E-state index is 0.185. The minimum Gasteiger partial charge on any atom is -0.465 e. The lowest BCUT2D eigenvalue weighted by Crippen LogP contribution is -2.35. The highest BCUT2D eigenvalue weighted by atomic mass is 16.5. The second kappa shape index (κ2) is 10.1. The fourth-order valence-electron chi connectivity index (χ4n) is 3.92. The van der Waals surface area contributed by atoms with Crippen LogP contribution in [0.2, 0.25) is 0 Å². The molecule has 3 amide bonds. The van der Waals surface area contributed by atoms with Crippen molar-refractivity contribution >= 4 is 46.3 Å². The summed E-state index contributed by atoms with van der Waals surface area (Å²) in [6.07, 6.45) is 0. The molecule has 0 atom stereocenters. The van der Waals surface area contributed by atoms with E-state index in [1.165, 1.54) is 19.1 Å². The molecule has 0 fully saturated rings. The summed E-state index contributed by atoms with van der Waals surface area (Å²) < 4.78 is 4.78. The molecule has 4 rings (SSSR count). The molecular weight excluding hydrogens is 460 g/mol. The molecular formula is C27H24N4O5. The second-order valence-corrected chi connectivity index (χ2v) is 8.15. The summed E-state index contributed by atoms with van der Waals surface area (Å²) in [5, 5.41) is 6.14. The molecule has 9 heteroatoms. The summed E-state index contributed by atoms with van der Waals surface area (Å²) in [5.74, 6) is -1.76. The van der Waals surface area contributed by atoms with Crippen LogP contribution >= 0.6 is 0 Å². The van der Waals surface area contributed by atoms with E-state index < -0.39 is 11.9 Å². The molecule has 182 valence electrons. The van der Waals surface area contributed by atoms with Crippen LogP contribution in [0.3, 0.4) is 0 Å². The first-order valence-corrected chi connectivity index (χ1v) is 11.0. The quantitative estimate of drug-likeness (QED) is 0.349. The number of fused-ring (bicyclic) bond motifs is 1. The Morgan fingerprint density at radius 3 is 2.25 bits per heavy atom. The van der Waals surface area contributed by atoms with Crippen LogP contribution in [0, 0.1) is 0 Å². The first-order valence-electron chi connectivity index (χ1n) is 11.0. The molecule has 9 nitrogen and oxygen atoms in total. The number of carbonyl (C=O) groups is 4. The Hall–Kier alpha value is -4.92. The van der Waals surface area contributed by atoms with Gasteiger partial charge in [-0.15, -0.1) is 0 Å². The zero-order valence-electron chi connectivity index (χ0n) is 19.7. The molecule has 4 N–H and O–H groups in total. The molecule has 1 aliphatic heterocycles. The number of nitrogens with one attached hydrogen (secondary N) is 2. The van der Waals surface area contributed by atoms with Crippen molar-refractivity contribution in [2.75, 3.05) is 31.3 Å². The van der Waals surface area contributed by atoms with E-state index in [1.807, 2.05) is 30.3 Å². The van der Waals surface area contributed by atoms with Gasteiger partial charge in [-0.1, -0.05) is 36.4 Å². The minimum atomic E-state index is -0.600. The zero-order valence-corrected chi connectivity index (χ0v) is 19.7. The Balaban J connectivity index is 1.72. The van der Waals surface area contributed by atoms with E-state index in [0.29, 0.717) is 39.3 Å². The summed E-state index contributed by atoms with van der Waals surface area (Å²) in [5.41, 5.74) is 9.42. The van der Waals surface area contributed by atoms with Crippen molar-refractivity contribution in [1.29, 1.82) is 0 Å². The predicted molar refractivity (Wildman–Crippen MR) is 136 cm³/mol. The van der Waals surface area contributed by atoms with E-state index in [2.05, 4.69) is 10.6 Å². The molecule has 0 unspecified atom stereocenters. The largest absolute Gasteiger partial charge is 0.465 e. The number of rotatable bonds is 7. The number of carbonyl (C=O) groups excluding carboxylic acids is 4. The van der Waals surface area contributed by atoms with Gasteiger partial charge in [0.25, 0.3) is 11.8 Å². The highest BCUT2D eigenvalue weighted by Crippen LogP contribution is 2.38. The lowest BCUT2D eigenvalue weighted by molar-refractivity contribution is -0.118.